The molecule has 2 heterocycles. The van der Waals surface area contributed by atoms with E-state index in [0.717, 1.165) is 17.8 Å². The van der Waals surface area contributed by atoms with Crippen molar-refractivity contribution in [2.24, 2.45) is 11.8 Å². The smallest absolute Gasteiger partial charge is 0.270 e. The highest BCUT2D eigenvalue weighted by Gasteiger charge is 2.36. The van der Waals surface area contributed by atoms with Gasteiger partial charge in [-0.2, -0.15) is 5.10 Å². The van der Waals surface area contributed by atoms with E-state index in [0.29, 0.717) is 31.0 Å². The number of hydrogen-bond donors (Lipinski definition) is 2. The third-order valence-corrected chi connectivity index (χ3v) is 4.89. The Morgan fingerprint density at radius 2 is 2.15 bits per heavy atom. The average Bonchev–Trinajstić information content (AvgIpc) is 3.00. The molecule has 2 aromatic heterocycles. The van der Waals surface area contributed by atoms with Crippen LogP contribution in [0, 0.1) is 11.8 Å². The maximum absolute atomic E-state index is 13.0. The standard InChI is InChI=1S/C20H28N4O2/c1-4-24-18(12-15(23-24)9-13(2)3)20(26)22-19(14-10-16(25)11-14)17-7-5-6-8-21-17/h5-8,12-14,16,19,25H,4,9-11H2,1-3H3,(H,22,26). The van der Waals surface area contributed by atoms with Crippen molar-refractivity contribution < 1.29 is 9.90 Å². The van der Waals surface area contributed by atoms with Crippen LogP contribution in [0.15, 0.2) is 30.5 Å². The number of rotatable bonds is 7. The van der Waals surface area contributed by atoms with Crippen molar-refractivity contribution >= 4 is 5.91 Å². The number of pyridine rings is 1. The van der Waals surface area contributed by atoms with Crippen molar-refractivity contribution in [3.63, 3.8) is 0 Å². The molecule has 1 unspecified atom stereocenters. The summed E-state index contributed by atoms with van der Waals surface area (Å²) in [6, 6.07) is 7.41. The van der Waals surface area contributed by atoms with E-state index in [1.165, 1.54) is 0 Å². The third kappa shape index (κ3) is 4.12. The number of aliphatic hydroxyl groups excluding tert-OH is 1. The highest BCUT2D eigenvalue weighted by molar-refractivity contribution is 5.93. The minimum Gasteiger partial charge on any atom is -0.393 e. The number of carbonyl (C=O) groups is 1. The van der Waals surface area contributed by atoms with Gasteiger partial charge in [-0.1, -0.05) is 19.9 Å². The van der Waals surface area contributed by atoms with Crippen LogP contribution in [0.4, 0.5) is 0 Å². The highest BCUT2D eigenvalue weighted by atomic mass is 16.3. The molecule has 1 fully saturated rings. The lowest BCUT2D eigenvalue weighted by Gasteiger charge is -2.37. The van der Waals surface area contributed by atoms with Crippen LogP contribution < -0.4 is 5.32 Å². The molecule has 1 saturated carbocycles. The van der Waals surface area contributed by atoms with Crippen LogP contribution in [-0.4, -0.2) is 31.9 Å². The number of amides is 1. The van der Waals surface area contributed by atoms with Gasteiger partial charge in [0.05, 0.1) is 23.5 Å². The quantitative estimate of drug-likeness (QED) is 0.799. The molecular weight excluding hydrogens is 328 g/mol. The fraction of sp³-hybridized carbons (Fsp3) is 0.550. The lowest BCUT2D eigenvalue weighted by molar-refractivity contribution is 0.0227. The zero-order chi connectivity index (χ0) is 18.7. The molecule has 0 bridgehead atoms. The Balaban J connectivity index is 1.80. The molecule has 1 aliphatic rings. The molecule has 26 heavy (non-hydrogen) atoms. The van der Waals surface area contributed by atoms with Crippen LogP contribution in [0.3, 0.4) is 0 Å². The summed E-state index contributed by atoms with van der Waals surface area (Å²) < 4.78 is 1.76. The second-order valence-electron chi connectivity index (χ2n) is 7.53. The van der Waals surface area contributed by atoms with Crippen molar-refractivity contribution in [3.8, 4) is 0 Å². The summed E-state index contributed by atoms with van der Waals surface area (Å²) in [6.45, 7) is 6.92. The Morgan fingerprint density at radius 1 is 1.38 bits per heavy atom. The molecule has 0 spiro atoms. The molecule has 2 aromatic rings. The minimum atomic E-state index is -0.276. The van der Waals surface area contributed by atoms with E-state index >= 15 is 0 Å². The Hall–Kier alpha value is -2.21. The molecule has 2 N–H and O–H groups in total. The van der Waals surface area contributed by atoms with Crippen molar-refractivity contribution in [1.82, 2.24) is 20.1 Å². The molecule has 6 heteroatoms. The number of aromatic nitrogens is 3. The predicted molar refractivity (Wildman–Crippen MR) is 99.6 cm³/mol. The van der Waals surface area contributed by atoms with Gasteiger partial charge in [-0.25, -0.2) is 0 Å². The van der Waals surface area contributed by atoms with Gasteiger partial charge < -0.3 is 10.4 Å². The Labute approximate surface area is 154 Å². The number of nitrogens with one attached hydrogen (secondary N) is 1. The first-order chi connectivity index (χ1) is 12.5. The van der Waals surface area contributed by atoms with Gasteiger partial charge in [0, 0.05) is 12.7 Å². The summed E-state index contributed by atoms with van der Waals surface area (Å²) in [4.78, 5) is 17.4. The van der Waals surface area contributed by atoms with Crippen LogP contribution in [0.2, 0.25) is 0 Å². The maximum atomic E-state index is 13.0. The van der Waals surface area contributed by atoms with E-state index in [1.807, 2.05) is 31.2 Å². The summed E-state index contributed by atoms with van der Waals surface area (Å²) in [6.07, 6.45) is 3.69. The summed E-state index contributed by atoms with van der Waals surface area (Å²) in [5, 5.41) is 17.4. The van der Waals surface area contributed by atoms with E-state index in [2.05, 4.69) is 29.2 Å². The van der Waals surface area contributed by atoms with E-state index in [1.54, 1.807) is 10.9 Å². The van der Waals surface area contributed by atoms with Crippen molar-refractivity contribution in [2.75, 3.05) is 0 Å². The average molecular weight is 356 g/mol. The van der Waals surface area contributed by atoms with E-state index in [-0.39, 0.29) is 24.0 Å². The summed E-state index contributed by atoms with van der Waals surface area (Å²) in [7, 11) is 0. The normalized spacial score (nSPS) is 20.7. The van der Waals surface area contributed by atoms with Crippen LogP contribution in [0.1, 0.15) is 61.5 Å². The summed E-state index contributed by atoms with van der Waals surface area (Å²) in [5.74, 6) is 0.562. The number of aliphatic hydroxyl groups is 1. The molecule has 1 amide bonds. The summed E-state index contributed by atoms with van der Waals surface area (Å²) >= 11 is 0. The topological polar surface area (TPSA) is 80.0 Å². The second kappa shape index (κ2) is 7.99. The van der Waals surface area contributed by atoms with Gasteiger partial charge in [0.15, 0.2) is 0 Å². The first kappa shape index (κ1) is 18.6. The first-order valence-corrected chi connectivity index (χ1v) is 9.44. The second-order valence-corrected chi connectivity index (χ2v) is 7.53. The van der Waals surface area contributed by atoms with Crippen molar-refractivity contribution in [2.45, 2.75) is 58.7 Å². The van der Waals surface area contributed by atoms with Crippen LogP contribution in [-0.2, 0) is 13.0 Å². The van der Waals surface area contributed by atoms with Gasteiger partial charge >= 0.3 is 0 Å². The fourth-order valence-electron chi connectivity index (χ4n) is 3.52. The molecular formula is C20H28N4O2. The van der Waals surface area contributed by atoms with Gasteiger partial charge in [-0.3, -0.25) is 14.5 Å². The van der Waals surface area contributed by atoms with E-state index in [4.69, 9.17) is 0 Å². The number of hydrogen-bond acceptors (Lipinski definition) is 4. The fourth-order valence-corrected chi connectivity index (χ4v) is 3.52. The zero-order valence-corrected chi connectivity index (χ0v) is 15.7. The summed E-state index contributed by atoms with van der Waals surface area (Å²) in [5.41, 5.74) is 2.37. The predicted octanol–water partition coefficient (Wildman–Crippen LogP) is 2.74. The van der Waals surface area contributed by atoms with Gasteiger partial charge in [-0.15, -0.1) is 0 Å². The molecule has 0 radical (unpaired) electrons. The molecule has 3 rings (SSSR count). The van der Waals surface area contributed by atoms with Gasteiger partial charge in [-0.05, 0) is 56.2 Å². The number of aryl methyl sites for hydroxylation is 1. The minimum absolute atomic E-state index is 0.133. The highest BCUT2D eigenvalue weighted by Crippen LogP contribution is 2.37. The number of nitrogens with zero attached hydrogens (tertiary/aromatic N) is 3. The van der Waals surface area contributed by atoms with Gasteiger partial charge in [0.2, 0.25) is 0 Å². The molecule has 0 saturated heterocycles. The molecule has 1 atom stereocenters. The Bertz CT molecular complexity index is 736. The van der Waals surface area contributed by atoms with E-state index in [9.17, 15) is 9.90 Å². The van der Waals surface area contributed by atoms with Crippen molar-refractivity contribution in [3.05, 3.63) is 47.5 Å². The van der Waals surface area contributed by atoms with Gasteiger partial charge in [0.25, 0.3) is 5.91 Å². The van der Waals surface area contributed by atoms with Crippen LogP contribution >= 0.6 is 0 Å². The van der Waals surface area contributed by atoms with Crippen LogP contribution in [0.25, 0.3) is 0 Å². The Morgan fingerprint density at radius 3 is 2.73 bits per heavy atom. The van der Waals surface area contributed by atoms with Gasteiger partial charge in [0.1, 0.15) is 5.69 Å². The largest absolute Gasteiger partial charge is 0.393 e. The SMILES string of the molecule is CCn1nc(CC(C)C)cc1C(=O)NC(c1ccccn1)C1CC(O)C1. The lowest BCUT2D eigenvalue weighted by Crippen LogP contribution is -2.42. The van der Waals surface area contributed by atoms with E-state index < -0.39 is 0 Å². The monoisotopic (exact) mass is 356 g/mol. The Kier molecular flexibility index (Phi) is 5.71. The lowest BCUT2D eigenvalue weighted by atomic mass is 9.76. The van der Waals surface area contributed by atoms with Crippen LogP contribution in [0.5, 0.6) is 0 Å². The number of carbonyl (C=O) groups excluding carboxylic acids is 1. The van der Waals surface area contributed by atoms with Crippen molar-refractivity contribution in [1.29, 1.82) is 0 Å². The molecule has 140 valence electrons. The molecule has 0 aliphatic heterocycles. The third-order valence-electron chi connectivity index (χ3n) is 4.89. The molecule has 1 aliphatic carbocycles. The maximum Gasteiger partial charge on any atom is 0.270 e. The molecule has 0 aromatic carbocycles. The molecule has 6 nitrogen and oxygen atoms in total. The zero-order valence-electron chi connectivity index (χ0n) is 15.7. The first-order valence-electron chi connectivity index (χ1n) is 9.44.